The summed E-state index contributed by atoms with van der Waals surface area (Å²) in [5, 5.41) is 9.92. The molecule has 0 N–H and O–H groups in total. The third-order valence-corrected chi connectivity index (χ3v) is 5.25. The lowest BCUT2D eigenvalue weighted by molar-refractivity contribution is -0.153. The van der Waals surface area contributed by atoms with Crippen molar-refractivity contribution in [2.75, 3.05) is 24.6 Å². The zero-order valence-corrected chi connectivity index (χ0v) is 14.6. The van der Waals surface area contributed by atoms with Gasteiger partial charge in [-0.15, -0.1) is 10.2 Å². The summed E-state index contributed by atoms with van der Waals surface area (Å²) in [4.78, 5) is 14.2. The van der Waals surface area contributed by atoms with Crippen LogP contribution < -0.4 is 4.90 Å². The third-order valence-electron chi connectivity index (χ3n) is 4.27. The number of ether oxygens (including phenoxy) is 1. The average molecular weight is 349 g/mol. The molecule has 1 aliphatic heterocycles. The smallest absolute Gasteiger partial charge is 0.313 e. The highest BCUT2D eigenvalue weighted by Crippen LogP contribution is 2.35. The van der Waals surface area contributed by atoms with E-state index in [0.717, 1.165) is 23.1 Å². The lowest BCUT2D eigenvalue weighted by atomic mass is 9.90. The van der Waals surface area contributed by atoms with Crippen LogP contribution in [0.1, 0.15) is 30.8 Å². The first-order valence-electron chi connectivity index (χ1n) is 8.00. The molecule has 7 heteroatoms. The number of benzene rings is 1. The van der Waals surface area contributed by atoms with E-state index in [1.54, 1.807) is 12.1 Å². The highest BCUT2D eigenvalue weighted by atomic mass is 32.1. The Balaban J connectivity index is 1.68. The van der Waals surface area contributed by atoms with Crippen LogP contribution in [0.2, 0.25) is 0 Å². The topological polar surface area (TPSA) is 55.3 Å². The van der Waals surface area contributed by atoms with E-state index in [4.69, 9.17) is 4.74 Å². The van der Waals surface area contributed by atoms with E-state index in [1.165, 1.54) is 17.4 Å². The van der Waals surface area contributed by atoms with Crippen molar-refractivity contribution < 1.29 is 13.9 Å². The summed E-state index contributed by atoms with van der Waals surface area (Å²) >= 11 is 1.44. The van der Waals surface area contributed by atoms with Crippen LogP contribution in [-0.2, 0) is 16.0 Å². The van der Waals surface area contributed by atoms with Gasteiger partial charge in [-0.25, -0.2) is 4.39 Å². The van der Waals surface area contributed by atoms with Crippen molar-refractivity contribution in [3.05, 3.63) is 40.7 Å². The van der Waals surface area contributed by atoms with Gasteiger partial charge in [-0.2, -0.15) is 0 Å². The fourth-order valence-corrected chi connectivity index (χ4v) is 3.73. The second-order valence-corrected chi connectivity index (χ2v) is 7.24. The van der Waals surface area contributed by atoms with E-state index >= 15 is 0 Å². The molecule has 0 radical (unpaired) electrons. The Morgan fingerprint density at radius 3 is 2.96 bits per heavy atom. The van der Waals surface area contributed by atoms with E-state index in [1.807, 2.05) is 19.9 Å². The van der Waals surface area contributed by atoms with Crippen LogP contribution >= 0.6 is 11.3 Å². The normalized spacial score (nSPS) is 20.4. The van der Waals surface area contributed by atoms with Crippen LogP contribution in [-0.4, -0.2) is 35.9 Å². The molecular weight excluding hydrogens is 329 g/mol. The predicted octanol–water partition coefficient (Wildman–Crippen LogP) is 3.05. The zero-order chi connectivity index (χ0) is 17.2. The Morgan fingerprint density at radius 1 is 1.42 bits per heavy atom. The molecule has 0 amide bonds. The van der Waals surface area contributed by atoms with Crippen molar-refractivity contribution in [2.45, 2.75) is 26.7 Å². The standard InChI is InChI=1S/C17H20FN3O2S/c1-3-23-15(22)17(2)8-9-21(11-17)16-20-19-14(24-16)10-12-6-4-5-7-13(12)18/h4-7H,3,8-11H2,1-2H3. The van der Waals surface area contributed by atoms with Gasteiger partial charge < -0.3 is 9.64 Å². The lowest BCUT2D eigenvalue weighted by Gasteiger charge is -2.21. The van der Waals surface area contributed by atoms with Gasteiger partial charge in [0.15, 0.2) is 0 Å². The number of esters is 1. The van der Waals surface area contributed by atoms with Crippen LogP contribution in [0.5, 0.6) is 0 Å². The minimum absolute atomic E-state index is 0.163. The van der Waals surface area contributed by atoms with Gasteiger partial charge in [0.05, 0.1) is 12.0 Å². The maximum atomic E-state index is 13.7. The summed E-state index contributed by atoms with van der Waals surface area (Å²) in [7, 11) is 0. The fourth-order valence-electron chi connectivity index (χ4n) is 2.84. The highest BCUT2D eigenvalue weighted by Gasteiger charge is 2.42. The number of nitrogens with zero attached hydrogens (tertiary/aromatic N) is 3. The summed E-state index contributed by atoms with van der Waals surface area (Å²) in [6.07, 6.45) is 1.15. The molecule has 2 aromatic rings. The molecule has 1 saturated heterocycles. The fraction of sp³-hybridized carbons (Fsp3) is 0.471. The molecule has 3 rings (SSSR count). The number of hydrogen-bond acceptors (Lipinski definition) is 6. The van der Waals surface area contributed by atoms with Crippen molar-refractivity contribution in [1.82, 2.24) is 10.2 Å². The highest BCUT2D eigenvalue weighted by molar-refractivity contribution is 7.15. The maximum Gasteiger partial charge on any atom is 0.313 e. The SMILES string of the molecule is CCOC(=O)C1(C)CCN(c2nnc(Cc3ccccc3F)s2)C1. The molecule has 24 heavy (non-hydrogen) atoms. The predicted molar refractivity (Wildman–Crippen MR) is 90.7 cm³/mol. The molecule has 1 aromatic heterocycles. The Morgan fingerprint density at radius 2 is 2.21 bits per heavy atom. The van der Waals surface area contributed by atoms with Crippen molar-refractivity contribution >= 4 is 22.4 Å². The van der Waals surface area contributed by atoms with E-state index in [2.05, 4.69) is 15.1 Å². The summed E-state index contributed by atoms with van der Waals surface area (Å²) in [6.45, 7) is 5.43. The molecule has 128 valence electrons. The van der Waals surface area contributed by atoms with Crippen molar-refractivity contribution in [2.24, 2.45) is 5.41 Å². The van der Waals surface area contributed by atoms with Crippen molar-refractivity contribution in [3.63, 3.8) is 0 Å². The van der Waals surface area contributed by atoms with Crippen molar-refractivity contribution in [1.29, 1.82) is 0 Å². The van der Waals surface area contributed by atoms with Gasteiger partial charge >= 0.3 is 5.97 Å². The number of rotatable bonds is 5. The summed E-state index contributed by atoms with van der Waals surface area (Å²) in [5.41, 5.74) is 0.103. The average Bonchev–Trinajstić information content (AvgIpc) is 3.17. The van der Waals surface area contributed by atoms with Crippen molar-refractivity contribution in [3.8, 4) is 0 Å². The number of anilines is 1. The molecule has 1 aromatic carbocycles. The molecule has 5 nitrogen and oxygen atoms in total. The third kappa shape index (κ3) is 3.40. The van der Waals surface area contributed by atoms with Crippen LogP contribution in [0.4, 0.5) is 9.52 Å². The van der Waals surface area contributed by atoms with Gasteiger partial charge in [0.1, 0.15) is 10.8 Å². The molecule has 2 heterocycles. The number of hydrogen-bond donors (Lipinski definition) is 0. The molecule has 1 aliphatic rings. The maximum absolute atomic E-state index is 13.7. The number of carbonyl (C=O) groups is 1. The molecule has 1 unspecified atom stereocenters. The first kappa shape index (κ1) is 16.8. The Bertz CT molecular complexity index is 736. The summed E-state index contributed by atoms with van der Waals surface area (Å²) < 4.78 is 18.9. The minimum Gasteiger partial charge on any atom is -0.466 e. The Hall–Kier alpha value is -2.02. The van der Waals surface area contributed by atoms with Gasteiger partial charge in [0, 0.05) is 19.5 Å². The largest absolute Gasteiger partial charge is 0.466 e. The lowest BCUT2D eigenvalue weighted by Crippen LogP contribution is -2.33. The Kier molecular flexibility index (Phi) is 4.80. The Labute approximate surface area is 144 Å². The second-order valence-electron chi connectivity index (χ2n) is 6.20. The molecule has 1 fully saturated rings. The molecule has 0 spiro atoms. The molecule has 0 aliphatic carbocycles. The minimum atomic E-state index is -0.507. The van der Waals surface area contributed by atoms with E-state index in [-0.39, 0.29) is 11.8 Å². The zero-order valence-electron chi connectivity index (χ0n) is 13.8. The van der Waals surface area contributed by atoms with Gasteiger partial charge in [-0.05, 0) is 31.9 Å². The first-order chi connectivity index (χ1) is 11.5. The van der Waals surface area contributed by atoms with E-state index in [0.29, 0.717) is 25.1 Å². The number of aromatic nitrogens is 2. The number of halogens is 1. The van der Waals surface area contributed by atoms with Crippen LogP contribution in [0.15, 0.2) is 24.3 Å². The summed E-state index contributed by atoms with van der Waals surface area (Å²) in [6, 6.07) is 6.68. The van der Waals surface area contributed by atoms with Crippen LogP contribution in [0, 0.1) is 11.2 Å². The van der Waals surface area contributed by atoms with Gasteiger partial charge in [0.25, 0.3) is 0 Å². The van der Waals surface area contributed by atoms with Gasteiger partial charge in [0.2, 0.25) is 5.13 Å². The van der Waals surface area contributed by atoms with E-state index in [9.17, 15) is 9.18 Å². The van der Waals surface area contributed by atoms with Crippen LogP contribution in [0.3, 0.4) is 0 Å². The monoisotopic (exact) mass is 349 g/mol. The molecule has 0 saturated carbocycles. The number of carbonyl (C=O) groups excluding carboxylic acids is 1. The first-order valence-corrected chi connectivity index (χ1v) is 8.81. The van der Waals surface area contributed by atoms with Gasteiger partial charge in [-0.1, -0.05) is 29.5 Å². The molecule has 1 atom stereocenters. The summed E-state index contributed by atoms with van der Waals surface area (Å²) in [5.74, 6) is -0.395. The second kappa shape index (κ2) is 6.84. The molecular formula is C17H20FN3O2S. The van der Waals surface area contributed by atoms with E-state index < -0.39 is 5.41 Å². The molecule has 0 bridgehead atoms. The quantitative estimate of drug-likeness (QED) is 0.777. The van der Waals surface area contributed by atoms with Crippen LogP contribution in [0.25, 0.3) is 0 Å². The van der Waals surface area contributed by atoms with Gasteiger partial charge in [-0.3, -0.25) is 4.79 Å².